The number of ether oxygens (including phenoxy) is 1. The van der Waals surface area contributed by atoms with Gasteiger partial charge in [-0.05, 0) is 12.5 Å². The molecule has 5 nitrogen and oxygen atoms in total. The van der Waals surface area contributed by atoms with Crippen molar-refractivity contribution in [2.45, 2.75) is 25.6 Å². The SMILES string of the molecule is COc1ccccc1CN1C[C@@H](C(=O)NCC(F)(F)F)CCC1=O. The third kappa shape index (κ3) is 4.87. The van der Waals surface area contributed by atoms with E-state index in [2.05, 4.69) is 0 Å². The summed E-state index contributed by atoms with van der Waals surface area (Å²) in [4.78, 5) is 25.4. The number of halogens is 3. The van der Waals surface area contributed by atoms with Gasteiger partial charge in [-0.15, -0.1) is 0 Å². The van der Waals surface area contributed by atoms with Gasteiger partial charge < -0.3 is 15.0 Å². The van der Waals surface area contributed by atoms with Crippen LogP contribution in [-0.2, 0) is 16.1 Å². The number of nitrogens with one attached hydrogen (secondary N) is 1. The van der Waals surface area contributed by atoms with Crippen molar-refractivity contribution < 1.29 is 27.5 Å². The highest BCUT2D eigenvalue weighted by Crippen LogP contribution is 2.24. The number of rotatable bonds is 5. The van der Waals surface area contributed by atoms with Crippen LogP contribution in [0, 0.1) is 5.92 Å². The van der Waals surface area contributed by atoms with Crippen LogP contribution in [-0.4, -0.2) is 43.1 Å². The molecule has 0 saturated carbocycles. The predicted octanol–water partition coefficient (Wildman–Crippen LogP) is 2.11. The summed E-state index contributed by atoms with van der Waals surface area (Å²) < 4.78 is 41.8. The first kappa shape index (κ1) is 18.1. The number of benzene rings is 1. The third-order valence-corrected chi connectivity index (χ3v) is 3.89. The number of methoxy groups -OCH3 is 1. The van der Waals surface area contributed by atoms with Gasteiger partial charge in [0.05, 0.1) is 13.0 Å². The highest BCUT2D eigenvalue weighted by atomic mass is 19.4. The molecule has 1 aliphatic rings. The highest BCUT2D eigenvalue weighted by Gasteiger charge is 2.33. The smallest absolute Gasteiger partial charge is 0.405 e. The van der Waals surface area contributed by atoms with Gasteiger partial charge in [-0.2, -0.15) is 13.2 Å². The molecular weight excluding hydrogens is 325 g/mol. The number of likely N-dealkylation sites (tertiary alicyclic amines) is 1. The standard InChI is InChI=1S/C16H19F3N2O3/c1-24-13-5-3-2-4-11(13)8-21-9-12(6-7-14(21)22)15(23)20-10-16(17,18)19/h2-5,12H,6-10H2,1H3,(H,20,23)/t12-/m0/s1. The summed E-state index contributed by atoms with van der Waals surface area (Å²) in [5.74, 6) is -0.820. The summed E-state index contributed by atoms with van der Waals surface area (Å²) in [6.45, 7) is -1.00. The van der Waals surface area contributed by atoms with E-state index in [1.165, 1.54) is 12.0 Å². The monoisotopic (exact) mass is 344 g/mol. The van der Waals surface area contributed by atoms with E-state index in [9.17, 15) is 22.8 Å². The van der Waals surface area contributed by atoms with Crippen molar-refractivity contribution >= 4 is 11.8 Å². The molecule has 0 aliphatic carbocycles. The summed E-state index contributed by atoms with van der Waals surface area (Å²) in [7, 11) is 1.52. The highest BCUT2D eigenvalue weighted by molar-refractivity contribution is 5.83. The van der Waals surface area contributed by atoms with Gasteiger partial charge in [-0.1, -0.05) is 18.2 Å². The van der Waals surface area contributed by atoms with Gasteiger partial charge >= 0.3 is 6.18 Å². The molecule has 1 aliphatic heterocycles. The number of carbonyl (C=O) groups excluding carboxylic acids is 2. The topological polar surface area (TPSA) is 58.6 Å². The van der Waals surface area contributed by atoms with Crippen molar-refractivity contribution in [3.8, 4) is 5.75 Å². The van der Waals surface area contributed by atoms with E-state index >= 15 is 0 Å². The maximum Gasteiger partial charge on any atom is 0.405 e. The van der Waals surface area contributed by atoms with Crippen LogP contribution in [0.25, 0.3) is 0 Å². The van der Waals surface area contributed by atoms with Gasteiger partial charge in [-0.25, -0.2) is 0 Å². The van der Waals surface area contributed by atoms with Crippen molar-refractivity contribution in [2.75, 3.05) is 20.2 Å². The van der Waals surface area contributed by atoms with Gasteiger partial charge in [0.2, 0.25) is 11.8 Å². The number of alkyl halides is 3. The van der Waals surface area contributed by atoms with Crippen LogP contribution in [0.15, 0.2) is 24.3 Å². The Labute approximate surface area is 137 Å². The fraction of sp³-hybridized carbons (Fsp3) is 0.500. The summed E-state index contributed by atoms with van der Waals surface area (Å²) in [6, 6.07) is 7.17. The second-order valence-electron chi connectivity index (χ2n) is 5.65. The Balaban J connectivity index is 2.00. The molecule has 1 aromatic rings. The fourth-order valence-corrected chi connectivity index (χ4v) is 2.65. The Kier molecular flexibility index (Phi) is 5.69. The molecule has 1 heterocycles. The van der Waals surface area contributed by atoms with E-state index in [0.717, 1.165) is 5.56 Å². The van der Waals surface area contributed by atoms with E-state index in [-0.39, 0.29) is 31.8 Å². The molecule has 1 saturated heterocycles. The minimum Gasteiger partial charge on any atom is -0.496 e. The summed E-state index contributed by atoms with van der Waals surface area (Å²) in [6.07, 6.45) is -4.05. The van der Waals surface area contributed by atoms with Gasteiger partial charge in [0.1, 0.15) is 12.3 Å². The Bertz CT molecular complexity index is 604. The molecule has 2 amide bonds. The minimum absolute atomic E-state index is 0.0978. The van der Waals surface area contributed by atoms with Crippen molar-refractivity contribution in [1.82, 2.24) is 10.2 Å². The molecule has 1 atom stereocenters. The fourth-order valence-electron chi connectivity index (χ4n) is 2.65. The van der Waals surface area contributed by atoms with Gasteiger partial charge in [0, 0.05) is 25.1 Å². The molecule has 24 heavy (non-hydrogen) atoms. The minimum atomic E-state index is -4.45. The number of hydrogen-bond donors (Lipinski definition) is 1. The van der Waals surface area contributed by atoms with Crippen LogP contribution in [0.5, 0.6) is 5.75 Å². The lowest BCUT2D eigenvalue weighted by molar-refractivity contribution is -0.145. The molecule has 1 fully saturated rings. The van der Waals surface area contributed by atoms with Gasteiger partial charge in [0.15, 0.2) is 0 Å². The first-order valence-corrected chi connectivity index (χ1v) is 7.54. The Morgan fingerprint density at radius 3 is 2.75 bits per heavy atom. The lowest BCUT2D eigenvalue weighted by Gasteiger charge is -2.32. The molecular formula is C16H19F3N2O3. The maximum absolute atomic E-state index is 12.2. The zero-order chi connectivity index (χ0) is 17.7. The van der Waals surface area contributed by atoms with Crippen molar-refractivity contribution in [1.29, 1.82) is 0 Å². The molecule has 0 aromatic heterocycles. The Morgan fingerprint density at radius 2 is 2.08 bits per heavy atom. The molecule has 8 heteroatoms. The zero-order valence-electron chi connectivity index (χ0n) is 13.2. The average Bonchev–Trinajstić information content (AvgIpc) is 2.54. The largest absolute Gasteiger partial charge is 0.496 e. The predicted molar refractivity (Wildman–Crippen MR) is 80.2 cm³/mol. The van der Waals surface area contributed by atoms with Crippen LogP contribution in [0.3, 0.4) is 0 Å². The molecule has 0 unspecified atom stereocenters. The zero-order valence-corrected chi connectivity index (χ0v) is 13.2. The van der Waals surface area contributed by atoms with Crippen LogP contribution >= 0.6 is 0 Å². The van der Waals surface area contributed by atoms with Gasteiger partial charge in [-0.3, -0.25) is 9.59 Å². The molecule has 0 bridgehead atoms. The normalized spacial score (nSPS) is 18.4. The van der Waals surface area contributed by atoms with Crippen LogP contribution < -0.4 is 10.1 Å². The summed E-state index contributed by atoms with van der Waals surface area (Å²) in [5, 5.41) is 1.89. The number of nitrogens with zero attached hydrogens (tertiary/aromatic N) is 1. The number of para-hydroxylation sites is 1. The van der Waals surface area contributed by atoms with Crippen molar-refractivity contribution in [3.05, 3.63) is 29.8 Å². The molecule has 0 radical (unpaired) electrons. The molecule has 2 rings (SSSR count). The molecule has 1 N–H and O–H groups in total. The van der Waals surface area contributed by atoms with Gasteiger partial charge in [0.25, 0.3) is 0 Å². The van der Waals surface area contributed by atoms with E-state index in [4.69, 9.17) is 4.74 Å². The van der Waals surface area contributed by atoms with Crippen LogP contribution in [0.2, 0.25) is 0 Å². The number of amides is 2. The van der Waals surface area contributed by atoms with Crippen LogP contribution in [0.1, 0.15) is 18.4 Å². The van der Waals surface area contributed by atoms with Crippen molar-refractivity contribution in [3.63, 3.8) is 0 Å². The number of piperidine rings is 1. The lowest BCUT2D eigenvalue weighted by atomic mass is 9.96. The first-order chi connectivity index (χ1) is 11.3. The number of carbonyl (C=O) groups is 2. The second-order valence-corrected chi connectivity index (χ2v) is 5.65. The van der Waals surface area contributed by atoms with E-state index < -0.39 is 24.5 Å². The lowest BCUT2D eigenvalue weighted by Crippen LogP contribution is -2.46. The average molecular weight is 344 g/mol. The molecule has 1 aromatic carbocycles. The van der Waals surface area contributed by atoms with Crippen LogP contribution in [0.4, 0.5) is 13.2 Å². The van der Waals surface area contributed by atoms with E-state index in [1.54, 1.807) is 24.3 Å². The van der Waals surface area contributed by atoms with Crippen molar-refractivity contribution in [2.24, 2.45) is 5.92 Å². The summed E-state index contributed by atoms with van der Waals surface area (Å²) >= 11 is 0. The van der Waals surface area contributed by atoms with E-state index in [1.807, 2.05) is 5.32 Å². The maximum atomic E-state index is 12.2. The molecule has 0 spiro atoms. The Morgan fingerprint density at radius 1 is 1.38 bits per heavy atom. The third-order valence-electron chi connectivity index (χ3n) is 3.89. The second kappa shape index (κ2) is 7.55. The summed E-state index contributed by atoms with van der Waals surface area (Å²) in [5.41, 5.74) is 0.782. The molecule has 132 valence electrons. The Hall–Kier alpha value is -2.25. The quantitative estimate of drug-likeness (QED) is 0.890. The number of hydrogen-bond acceptors (Lipinski definition) is 3. The first-order valence-electron chi connectivity index (χ1n) is 7.54. The van der Waals surface area contributed by atoms with E-state index in [0.29, 0.717) is 5.75 Å².